The molecule has 0 aliphatic carbocycles. The minimum Gasteiger partial charge on any atom is -0.373 e. The van der Waals surface area contributed by atoms with Crippen LogP contribution in [0.15, 0.2) is 30.6 Å². The summed E-state index contributed by atoms with van der Waals surface area (Å²) in [7, 11) is 0. The van der Waals surface area contributed by atoms with E-state index in [1.807, 2.05) is 28.8 Å². The Labute approximate surface area is 155 Å². The van der Waals surface area contributed by atoms with Gasteiger partial charge in [0.2, 0.25) is 5.91 Å². The maximum atomic E-state index is 12.3. The van der Waals surface area contributed by atoms with Gasteiger partial charge < -0.3 is 14.6 Å². The van der Waals surface area contributed by atoms with Crippen molar-refractivity contribution in [2.45, 2.75) is 58.4 Å². The number of imidazole rings is 1. The molecule has 1 aliphatic rings. The van der Waals surface area contributed by atoms with Gasteiger partial charge in [0.05, 0.1) is 29.6 Å². The molecule has 2 unspecified atom stereocenters. The van der Waals surface area contributed by atoms with Crippen LogP contribution >= 0.6 is 0 Å². The largest absolute Gasteiger partial charge is 0.373 e. The van der Waals surface area contributed by atoms with Crippen molar-refractivity contribution >= 4 is 16.9 Å². The van der Waals surface area contributed by atoms with E-state index in [0.717, 1.165) is 24.1 Å². The molecule has 1 aromatic heterocycles. The van der Waals surface area contributed by atoms with Crippen LogP contribution in [0.3, 0.4) is 0 Å². The molecule has 2 heterocycles. The number of rotatable bonds is 6. The molecule has 1 fully saturated rings. The average Bonchev–Trinajstić information content (AvgIpc) is 3.00. The number of nitrogens with one attached hydrogen (secondary N) is 1. The number of hydrogen-bond donors (Lipinski definition) is 1. The number of ether oxygens (including phenoxy) is 1. The lowest BCUT2D eigenvalue weighted by molar-refractivity contribution is -0.123. The smallest absolute Gasteiger partial charge is 0.221 e. The van der Waals surface area contributed by atoms with E-state index in [4.69, 9.17) is 4.74 Å². The molecule has 1 aliphatic heterocycles. The van der Waals surface area contributed by atoms with E-state index in [-0.39, 0.29) is 23.7 Å². The Bertz CT molecular complexity index is 745. The Morgan fingerprint density at radius 3 is 2.69 bits per heavy atom. The van der Waals surface area contributed by atoms with E-state index in [2.05, 4.69) is 42.9 Å². The molecule has 1 aromatic carbocycles. The third-order valence-electron chi connectivity index (χ3n) is 5.10. The SMILES string of the molecule is CC1CN(C(C)(C)CNC(=O)CCn2cnc3ccccc32)CC(C)O1. The van der Waals surface area contributed by atoms with Gasteiger partial charge >= 0.3 is 0 Å². The Hall–Kier alpha value is -1.92. The highest BCUT2D eigenvalue weighted by molar-refractivity contribution is 5.77. The monoisotopic (exact) mass is 358 g/mol. The molecule has 3 rings (SSSR count). The molecule has 0 radical (unpaired) electrons. The molecule has 0 saturated carbocycles. The highest BCUT2D eigenvalue weighted by Crippen LogP contribution is 2.20. The standard InChI is InChI=1S/C20H30N4O2/c1-15-11-24(12-16(2)26-15)20(3,4)13-21-19(25)9-10-23-14-22-17-7-5-6-8-18(17)23/h5-8,14-16H,9-13H2,1-4H3,(H,21,25). The van der Waals surface area contributed by atoms with E-state index in [1.54, 1.807) is 6.33 Å². The molecular weight excluding hydrogens is 328 g/mol. The second-order valence-electron chi connectivity index (χ2n) is 7.93. The van der Waals surface area contributed by atoms with Crippen molar-refractivity contribution in [3.8, 4) is 0 Å². The van der Waals surface area contributed by atoms with Gasteiger partial charge in [-0.25, -0.2) is 4.98 Å². The summed E-state index contributed by atoms with van der Waals surface area (Å²) < 4.78 is 7.85. The summed E-state index contributed by atoms with van der Waals surface area (Å²) in [5.74, 6) is 0.0743. The summed E-state index contributed by atoms with van der Waals surface area (Å²) in [6.07, 6.45) is 2.71. The van der Waals surface area contributed by atoms with Crippen molar-refractivity contribution in [1.29, 1.82) is 0 Å². The normalized spacial score (nSPS) is 21.8. The second kappa shape index (κ2) is 7.76. The van der Waals surface area contributed by atoms with E-state index < -0.39 is 0 Å². The van der Waals surface area contributed by atoms with Gasteiger partial charge in [-0.1, -0.05) is 12.1 Å². The van der Waals surface area contributed by atoms with Crippen LogP contribution in [0.4, 0.5) is 0 Å². The molecular formula is C20H30N4O2. The van der Waals surface area contributed by atoms with Crippen molar-refractivity contribution in [3.63, 3.8) is 0 Å². The number of morpholine rings is 1. The predicted molar refractivity (Wildman–Crippen MR) is 103 cm³/mol. The van der Waals surface area contributed by atoms with E-state index in [9.17, 15) is 4.79 Å². The van der Waals surface area contributed by atoms with Gasteiger partial charge in [0.1, 0.15) is 0 Å². The molecule has 0 bridgehead atoms. The first-order valence-corrected chi connectivity index (χ1v) is 9.42. The van der Waals surface area contributed by atoms with Gasteiger partial charge in [-0.2, -0.15) is 0 Å². The van der Waals surface area contributed by atoms with Gasteiger partial charge in [-0.05, 0) is 39.8 Å². The number of carbonyl (C=O) groups is 1. The topological polar surface area (TPSA) is 59.4 Å². The summed E-state index contributed by atoms with van der Waals surface area (Å²) in [6, 6.07) is 7.98. The number of amides is 1. The highest BCUT2D eigenvalue weighted by atomic mass is 16.5. The van der Waals surface area contributed by atoms with Gasteiger partial charge in [-0.15, -0.1) is 0 Å². The summed E-state index contributed by atoms with van der Waals surface area (Å²) in [6.45, 7) is 11.6. The molecule has 6 nitrogen and oxygen atoms in total. The third kappa shape index (κ3) is 4.43. The van der Waals surface area contributed by atoms with Crippen molar-refractivity contribution in [1.82, 2.24) is 19.8 Å². The minimum atomic E-state index is -0.0936. The fourth-order valence-corrected chi connectivity index (χ4v) is 3.60. The van der Waals surface area contributed by atoms with Crippen molar-refractivity contribution in [2.24, 2.45) is 0 Å². The number of nitrogens with zero attached hydrogens (tertiary/aromatic N) is 3. The van der Waals surface area contributed by atoms with Crippen LogP contribution in [0.25, 0.3) is 11.0 Å². The zero-order chi connectivity index (χ0) is 18.7. The van der Waals surface area contributed by atoms with Crippen molar-refractivity contribution < 1.29 is 9.53 Å². The number of carbonyl (C=O) groups excluding carboxylic acids is 1. The number of aryl methyl sites for hydroxylation is 1. The predicted octanol–water partition coefficient (Wildman–Crippen LogP) is 2.43. The quantitative estimate of drug-likeness (QED) is 0.862. The first kappa shape index (κ1) is 18.9. The third-order valence-corrected chi connectivity index (χ3v) is 5.10. The molecule has 6 heteroatoms. The van der Waals surface area contributed by atoms with E-state index in [0.29, 0.717) is 19.5 Å². The maximum absolute atomic E-state index is 12.3. The van der Waals surface area contributed by atoms with Gasteiger partial charge in [0, 0.05) is 38.1 Å². The Morgan fingerprint density at radius 1 is 1.27 bits per heavy atom. The second-order valence-corrected chi connectivity index (χ2v) is 7.93. The fourth-order valence-electron chi connectivity index (χ4n) is 3.60. The van der Waals surface area contributed by atoms with Crippen LogP contribution in [-0.2, 0) is 16.1 Å². The van der Waals surface area contributed by atoms with Gasteiger partial charge in [0.15, 0.2) is 0 Å². The first-order chi connectivity index (χ1) is 12.3. The number of aromatic nitrogens is 2. The Balaban J connectivity index is 1.50. The lowest BCUT2D eigenvalue weighted by atomic mass is 10.00. The summed E-state index contributed by atoms with van der Waals surface area (Å²) in [4.78, 5) is 19.1. The maximum Gasteiger partial charge on any atom is 0.221 e. The molecule has 1 amide bonds. The van der Waals surface area contributed by atoms with Crippen LogP contribution < -0.4 is 5.32 Å². The minimum absolute atomic E-state index is 0.0743. The van der Waals surface area contributed by atoms with Crippen molar-refractivity contribution in [3.05, 3.63) is 30.6 Å². The van der Waals surface area contributed by atoms with Crippen LogP contribution in [0, 0.1) is 0 Å². The average molecular weight is 358 g/mol. The number of benzene rings is 1. The Kier molecular flexibility index (Phi) is 5.63. The number of fused-ring (bicyclic) bond motifs is 1. The zero-order valence-corrected chi connectivity index (χ0v) is 16.2. The molecule has 2 aromatic rings. The van der Waals surface area contributed by atoms with Gasteiger partial charge in [0.25, 0.3) is 0 Å². The van der Waals surface area contributed by atoms with E-state index >= 15 is 0 Å². The van der Waals surface area contributed by atoms with Crippen LogP contribution in [0.5, 0.6) is 0 Å². The number of para-hydroxylation sites is 2. The highest BCUT2D eigenvalue weighted by Gasteiger charge is 2.33. The lowest BCUT2D eigenvalue weighted by Crippen LogP contribution is -2.58. The summed E-state index contributed by atoms with van der Waals surface area (Å²) >= 11 is 0. The zero-order valence-electron chi connectivity index (χ0n) is 16.2. The first-order valence-electron chi connectivity index (χ1n) is 9.42. The summed E-state index contributed by atoms with van der Waals surface area (Å²) in [5.41, 5.74) is 1.94. The molecule has 1 N–H and O–H groups in total. The van der Waals surface area contributed by atoms with E-state index in [1.165, 1.54) is 0 Å². The van der Waals surface area contributed by atoms with Crippen LogP contribution in [0.1, 0.15) is 34.1 Å². The molecule has 142 valence electrons. The molecule has 26 heavy (non-hydrogen) atoms. The van der Waals surface area contributed by atoms with Gasteiger partial charge in [-0.3, -0.25) is 9.69 Å². The Morgan fingerprint density at radius 2 is 1.96 bits per heavy atom. The van der Waals surface area contributed by atoms with Crippen molar-refractivity contribution in [2.75, 3.05) is 19.6 Å². The molecule has 2 atom stereocenters. The fraction of sp³-hybridized carbons (Fsp3) is 0.600. The van der Waals surface area contributed by atoms with Crippen LogP contribution in [0.2, 0.25) is 0 Å². The number of hydrogen-bond acceptors (Lipinski definition) is 4. The molecule has 1 saturated heterocycles. The van der Waals surface area contributed by atoms with Crippen LogP contribution in [-0.4, -0.2) is 57.7 Å². The molecule has 0 spiro atoms. The summed E-state index contributed by atoms with van der Waals surface area (Å²) in [5, 5.41) is 3.11. The lowest BCUT2D eigenvalue weighted by Gasteiger charge is -2.45.